The Balaban J connectivity index is 1.60. The first-order chi connectivity index (χ1) is 10.8. The molecule has 0 amide bonds. The molecule has 4 rings (SSSR count). The molecule has 0 radical (unpaired) electrons. The summed E-state index contributed by atoms with van der Waals surface area (Å²) in [6.07, 6.45) is 12.1. The number of aliphatic hydroxyl groups is 1. The topological polar surface area (TPSA) is 29.5 Å². The maximum absolute atomic E-state index is 11.0. The van der Waals surface area contributed by atoms with E-state index >= 15 is 0 Å². The molecule has 2 heteroatoms. The number of ether oxygens (including phenoxy) is 1. The number of fused-ring (bicyclic) bond motifs is 5. The van der Waals surface area contributed by atoms with E-state index in [2.05, 4.69) is 20.8 Å². The first-order valence-electron chi connectivity index (χ1n) is 10.1. The van der Waals surface area contributed by atoms with Gasteiger partial charge in [-0.25, -0.2) is 0 Å². The summed E-state index contributed by atoms with van der Waals surface area (Å²) in [5.41, 5.74) is 0.267. The van der Waals surface area contributed by atoms with Gasteiger partial charge in [0.05, 0.1) is 11.7 Å². The summed E-state index contributed by atoms with van der Waals surface area (Å²) >= 11 is 0. The highest BCUT2D eigenvalue weighted by molar-refractivity contribution is 5.12. The highest BCUT2D eigenvalue weighted by atomic mass is 16.5. The van der Waals surface area contributed by atoms with E-state index in [4.69, 9.17) is 4.74 Å². The molecule has 0 aromatic carbocycles. The van der Waals surface area contributed by atoms with E-state index in [1.54, 1.807) is 0 Å². The first kappa shape index (κ1) is 16.4. The Bertz CT molecular complexity index is 472. The van der Waals surface area contributed by atoms with E-state index in [0.29, 0.717) is 11.5 Å². The van der Waals surface area contributed by atoms with Gasteiger partial charge in [-0.1, -0.05) is 13.8 Å². The smallest absolute Gasteiger partial charge is 0.0675 e. The molecular weight excluding hydrogens is 284 g/mol. The maximum Gasteiger partial charge on any atom is 0.0675 e. The molecule has 0 aromatic rings. The number of hydrogen-bond acceptors (Lipinski definition) is 2. The van der Waals surface area contributed by atoms with E-state index in [0.717, 1.165) is 30.1 Å². The van der Waals surface area contributed by atoms with Gasteiger partial charge < -0.3 is 9.84 Å². The van der Waals surface area contributed by atoms with Gasteiger partial charge in [-0.15, -0.1) is 0 Å². The molecule has 2 nitrogen and oxygen atoms in total. The average molecular weight is 321 g/mol. The summed E-state index contributed by atoms with van der Waals surface area (Å²) in [4.78, 5) is 0. The summed E-state index contributed by atoms with van der Waals surface area (Å²) in [5.74, 6) is 3.39. The molecule has 132 valence electrons. The zero-order valence-electron chi connectivity index (χ0n) is 15.6. The minimum Gasteiger partial charge on any atom is -0.390 e. The van der Waals surface area contributed by atoms with Crippen molar-refractivity contribution in [2.75, 3.05) is 7.11 Å². The van der Waals surface area contributed by atoms with Crippen molar-refractivity contribution in [1.29, 1.82) is 0 Å². The maximum atomic E-state index is 11.0. The average Bonchev–Trinajstić information content (AvgIpc) is 2.77. The van der Waals surface area contributed by atoms with Crippen LogP contribution in [0.2, 0.25) is 0 Å². The quantitative estimate of drug-likeness (QED) is 0.752. The first-order valence-corrected chi connectivity index (χ1v) is 10.1. The zero-order valence-corrected chi connectivity index (χ0v) is 15.6. The van der Waals surface area contributed by atoms with Gasteiger partial charge in [0.15, 0.2) is 0 Å². The lowest BCUT2D eigenvalue weighted by Gasteiger charge is -2.61. The standard InChI is InChI=1S/C21H36O2/c1-19-10-7-15(23-4)13-14(19)5-6-16-17(19)8-11-20(2)18(16)9-12-21(20,3)22/h14-18,22H,5-13H2,1-4H3/t14-,15+,16?,17?,18?,19-,20-,21-/m0/s1. The third-order valence-electron chi connectivity index (χ3n) is 9.51. The minimum absolute atomic E-state index is 0.168. The fourth-order valence-corrected chi connectivity index (χ4v) is 7.68. The Labute approximate surface area is 142 Å². The second kappa shape index (κ2) is 5.21. The van der Waals surface area contributed by atoms with Crippen molar-refractivity contribution >= 4 is 0 Å². The Kier molecular flexibility index (Phi) is 3.71. The van der Waals surface area contributed by atoms with Crippen molar-refractivity contribution in [2.45, 2.75) is 90.3 Å². The summed E-state index contributed by atoms with van der Waals surface area (Å²) in [6.45, 7) is 7.12. The largest absolute Gasteiger partial charge is 0.390 e. The van der Waals surface area contributed by atoms with Crippen molar-refractivity contribution in [3.8, 4) is 0 Å². The number of rotatable bonds is 1. The highest BCUT2D eigenvalue weighted by Crippen LogP contribution is 2.68. The molecule has 8 atom stereocenters. The van der Waals surface area contributed by atoms with Crippen LogP contribution in [-0.2, 0) is 4.74 Å². The van der Waals surface area contributed by atoms with Crippen LogP contribution in [0, 0.1) is 34.5 Å². The lowest BCUT2D eigenvalue weighted by molar-refractivity contribution is -0.155. The molecule has 4 saturated carbocycles. The molecule has 0 spiro atoms. The molecule has 3 unspecified atom stereocenters. The van der Waals surface area contributed by atoms with Crippen LogP contribution in [0.15, 0.2) is 0 Å². The van der Waals surface area contributed by atoms with E-state index < -0.39 is 5.60 Å². The highest BCUT2D eigenvalue weighted by Gasteiger charge is 2.63. The second-order valence-electron chi connectivity index (χ2n) is 10.1. The predicted molar refractivity (Wildman–Crippen MR) is 93.1 cm³/mol. The molecule has 4 aliphatic carbocycles. The molecule has 0 bridgehead atoms. The van der Waals surface area contributed by atoms with Crippen LogP contribution >= 0.6 is 0 Å². The number of methoxy groups -OCH3 is 1. The van der Waals surface area contributed by atoms with Crippen LogP contribution in [0.4, 0.5) is 0 Å². The molecule has 1 N–H and O–H groups in total. The van der Waals surface area contributed by atoms with E-state index in [-0.39, 0.29) is 5.41 Å². The van der Waals surface area contributed by atoms with E-state index in [1.165, 1.54) is 51.4 Å². The van der Waals surface area contributed by atoms with Crippen LogP contribution in [0.25, 0.3) is 0 Å². The van der Waals surface area contributed by atoms with Gasteiger partial charge >= 0.3 is 0 Å². The molecule has 23 heavy (non-hydrogen) atoms. The normalized spacial score (nSPS) is 59.1. The van der Waals surface area contributed by atoms with Crippen molar-refractivity contribution < 1.29 is 9.84 Å². The molecule has 0 saturated heterocycles. The second-order valence-corrected chi connectivity index (χ2v) is 10.1. The fourth-order valence-electron chi connectivity index (χ4n) is 7.68. The van der Waals surface area contributed by atoms with Gasteiger partial charge in [0.25, 0.3) is 0 Å². The molecule has 0 heterocycles. The van der Waals surface area contributed by atoms with Crippen molar-refractivity contribution in [1.82, 2.24) is 0 Å². The Morgan fingerprint density at radius 3 is 2.35 bits per heavy atom. The molecule has 0 aromatic heterocycles. The van der Waals surface area contributed by atoms with E-state index in [1.807, 2.05) is 7.11 Å². The van der Waals surface area contributed by atoms with E-state index in [9.17, 15) is 5.11 Å². The van der Waals surface area contributed by atoms with Gasteiger partial charge in [-0.2, -0.15) is 0 Å². The van der Waals surface area contributed by atoms with Crippen molar-refractivity contribution in [3.63, 3.8) is 0 Å². The third-order valence-corrected chi connectivity index (χ3v) is 9.51. The van der Waals surface area contributed by atoms with Crippen LogP contribution in [0.1, 0.15) is 78.6 Å². The lowest BCUT2D eigenvalue weighted by atomic mass is 9.44. The fraction of sp³-hybridized carbons (Fsp3) is 1.00. The predicted octanol–water partition coefficient (Wildman–Crippen LogP) is 4.80. The Morgan fingerprint density at radius 2 is 1.61 bits per heavy atom. The van der Waals surface area contributed by atoms with Gasteiger partial charge in [0.1, 0.15) is 0 Å². The SMILES string of the molecule is CO[C@@H]1CC[C@]2(C)C3CC[C@@]4(C)C(CC[C@]4(C)O)C3CC[C@H]2C1. The van der Waals surface area contributed by atoms with Gasteiger partial charge in [-0.05, 0) is 99.2 Å². The summed E-state index contributed by atoms with van der Waals surface area (Å²) < 4.78 is 5.70. The van der Waals surface area contributed by atoms with Crippen LogP contribution < -0.4 is 0 Å². The van der Waals surface area contributed by atoms with Gasteiger partial charge in [0.2, 0.25) is 0 Å². The Hall–Kier alpha value is -0.0800. The molecular formula is C21H36O2. The van der Waals surface area contributed by atoms with Crippen molar-refractivity contribution in [3.05, 3.63) is 0 Å². The molecule has 4 aliphatic rings. The molecule has 0 aliphatic heterocycles. The summed E-state index contributed by atoms with van der Waals surface area (Å²) in [7, 11) is 1.89. The lowest BCUT2D eigenvalue weighted by Crippen LogP contribution is -2.56. The van der Waals surface area contributed by atoms with Crippen LogP contribution in [0.5, 0.6) is 0 Å². The third kappa shape index (κ3) is 2.13. The van der Waals surface area contributed by atoms with Crippen molar-refractivity contribution in [2.24, 2.45) is 34.5 Å². The summed E-state index contributed by atoms with van der Waals surface area (Å²) in [5, 5.41) is 11.0. The molecule has 4 fully saturated rings. The van der Waals surface area contributed by atoms with Gasteiger partial charge in [-0.3, -0.25) is 0 Å². The van der Waals surface area contributed by atoms with Gasteiger partial charge in [0, 0.05) is 7.11 Å². The monoisotopic (exact) mass is 320 g/mol. The Morgan fingerprint density at radius 1 is 0.870 bits per heavy atom. The van der Waals surface area contributed by atoms with Crippen LogP contribution in [-0.4, -0.2) is 23.9 Å². The summed E-state index contributed by atoms with van der Waals surface area (Å²) in [6, 6.07) is 0. The minimum atomic E-state index is -0.436. The number of hydrogen-bond donors (Lipinski definition) is 1. The van der Waals surface area contributed by atoms with Crippen LogP contribution in [0.3, 0.4) is 0 Å². The zero-order chi connectivity index (χ0) is 16.5.